The molecule has 0 fully saturated rings. The van der Waals surface area contributed by atoms with Gasteiger partial charge in [0.25, 0.3) is 0 Å². The number of carbonyl (C=O) groups excluding carboxylic acids is 1. The third kappa shape index (κ3) is 4.80. The zero-order chi connectivity index (χ0) is 17.6. The van der Waals surface area contributed by atoms with Crippen molar-refractivity contribution < 1.29 is 13.6 Å². The van der Waals surface area contributed by atoms with Gasteiger partial charge in [0.15, 0.2) is 5.13 Å². The number of aromatic nitrogens is 1. The monoisotopic (exact) mass is 359 g/mol. The van der Waals surface area contributed by atoms with Crippen molar-refractivity contribution in [2.75, 3.05) is 11.9 Å². The molecular formula is C18H21N3O3S. The summed E-state index contributed by atoms with van der Waals surface area (Å²) in [5.74, 6) is 1.50. The van der Waals surface area contributed by atoms with E-state index in [1.807, 2.05) is 36.1 Å². The van der Waals surface area contributed by atoms with Crippen LogP contribution in [0.4, 0.5) is 5.13 Å². The van der Waals surface area contributed by atoms with E-state index in [2.05, 4.69) is 17.2 Å². The van der Waals surface area contributed by atoms with Gasteiger partial charge in [0, 0.05) is 4.88 Å². The van der Waals surface area contributed by atoms with Crippen LogP contribution >= 0.6 is 11.3 Å². The van der Waals surface area contributed by atoms with Crippen molar-refractivity contribution >= 4 is 22.4 Å². The highest BCUT2D eigenvalue weighted by Crippen LogP contribution is 2.22. The van der Waals surface area contributed by atoms with Crippen molar-refractivity contribution in [1.29, 1.82) is 0 Å². The molecule has 132 valence electrons. The predicted octanol–water partition coefficient (Wildman–Crippen LogP) is 3.84. The molecule has 0 spiro atoms. The van der Waals surface area contributed by atoms with Gasteiger partial charge >= 0.3 is 0 Å². The van der Waals surface area contributed by atoms with Gasteiger partial charge in [0.05, 0.1) is 37.9 Å². The Morgan fingerprint density at radius 2 is 1.84 bits per heavy atom. The predicted molar refractivity (Wildman–Crippen MR) is 96.4 cm³/mol. The first-order chi connectivity index (χ1) is 12.1. The minimum absolute atomic E-state index is 0.102. The summed E-state index contributed by atoms with van der Waals surface area (Å²) in [7, 11) is 0. The first kappa shape index (κ1) is 17.4. The fraction of sp³-hybridized carbons (Fsp3) is 0.333. The molecule has 3 aromatic heterocycles. The molecule has 3 heterocycles. The average Bonchev–Trinajstić information content (AvgIpc) is 3.30. The van der Waals surface area contributed by atoms with Crippen molar-refractivity contribution in [2.24, 2.45) is 0 Å². The van der Waals surface area contributed by atoms with E-state index in [0.717, 1.165) is 28.5 Å². The van der Waals surface area contributed by atoms with Crippen LogP contribution in [0.1, 0.15) is 29.0 Å². The van der Waals surface area contributed by atoms with Crippen molar-refractivity contribution in [1.82, 2.24) is 9.88 Å². The summed E-state index contributed by atoms with van der Waals surface area (Å²) in [6.07, 6.45) is 4.12. The van der Waals surface area contributed by atoms with E-state index in [1.165, 1.54) is 11.3 Å². The lowest BCUT2D eigenvalue weighted by Gasteiger charge is -2.19. The van der Waals surface area contributed by atoms with Gasteiger partial charge in [-0.1, -0.05) is 6.92 Å². The second-order valence-corrected chi connectivity index (χ2v) is 6.93. The minimum atomic E-state index is -0.102. The van der Waals surface area contributed by atoms with Gasteiger partial charge in [-0.2, -0.15) is 0 Å². The maximum Gasteiger partial charge on any atom is 0.240 e. The zero-order valence-corrected chi connectivity index (χ0v) is 15.1. The van der Waals surface area contributed by atoms with Crippen LogP contribution in [0.5, 0.6) is 0 Å². The van der Waals surface area contributed by atoms with E-state index in [-0.39, 0.29) is 12.5 Å². The molecule has 0 saturated carbocycles. The van der Waals surface area contributed by atoms with Crippen LogP contribution in [0.15, 0.2) is 45.6 Å². The van der Waals surface area contributed by atoms with E-state index >= 15 is 0 Å². The minimum Gasteiger partial charge on any atom is -0.468 e. The lowest BCUT2D eigenvalue weighted by atomic mass is 10.3. The maximum atomic E-state index is 12.4. The summed E-state index contributed by atoms with van der Waals surface area (Å²) in [5.41, 5.74) is 1.03. The van der Waals surface area contributed by atoms with Crippen molar-refractivity contribution in [3.63, 3.8) is 0 Å². The molecular weight excluding hydrogens is 338 g/mol. The Balaban J connectivity index is 1.64. The summed E-state index contributed by atoms with van der Waals surface area (Å²) in [5, 5.41) is 3.54. The first-order valence-corrected chi connectivity index (χ1v) is 8.99. The highest BCUT2D eigenvalue weighted by molar-refractivity contribution is 7.15. The fourth-order valence-electron chi connectivity index (χ4n) is 2.58. The highest BCUT2D eigenvalue weighted by Gasteiger charge is 2.16. The topological polar surface area (TPSA) is 71.5 Å². The normalized spacial score (nSPS) is 11.2. The summed E-state index contributed by atoms with van der Waals surface area (Å²) in [6, 6.07) is 7.46. The number of aryl methyl sites for hydroxylation is 2. The Labute approximate surface area is 150 Å². The molecule has 0 unspecified atom stereocenters. The standard InChI is InChI=1S/C18H21N3O3S/c1-3-16-13(2)25-18(19-16)20-17(22)12-21(10-14-6-4-8-23-14)11-15-7-5-9-24-15/h4-9H,3,10-12H2,1-2H3,(H,19,20,22). The highest BCUT2D eigenvalue weighted by atomic mass is 32.1. The summed E-state index contributed by atoms with van der Waals surface area (Å²) < 4.78 is 10.8. The molecule has 1 N–H and O–H groups in total. The molecule has 0 atom stereocenters. The van der Waals surface area contributed by atoms with Gasteiger partial charge in [-0.05, 0) is 37.6 Å². The van der Waals surface area contributed by atoms with Crippen molar-refractivity contribution in [3.8, 4) is 0 Å². The van der Waals surface area contributed by atoms with Gasteiger partial charge in [0.2, 0.25) is 5.91 Å². The number of carbonyl (C=O) groups is 1. The first-order valence-electron chi connectivity index (χ1n) is 8.17. The van der Waals surface area contributed by atoms with Gasteiger partial charge < -0.3 is 14.2 Å². The number of hydrogen-bond donors (Lipinski definition) is 1. The quantitative estimate of drug-likeness (QED) is 0.661. The SMILES string of the molecule is CCc1nc(NC(=O)CN(Cc2ccco2)Cc2ccco2)sc1C. The van der Waals surface area contributed by atoms with E-state index in [4.69, 9.17) is 8.83 Å². The second-order valence-electron chi connectivity index (χ2n) is 5.73. The summed E-state index contributed by atoms with van der Waals surface area (Å²) >= 11 is 1.51. The third-order valence-electron chi connectivity index (χ3n) is 3.76. The lowest BCUT2D eigenvalue weighted by molar-refractivity contribution is -0.117. The van der Waals surface area contributed by atoms with Crippen LogP contribution in [-0.2, 0) is 24.3 Å². The molecule has 3 rings (SSSR count). The molecule has 0 aliphatic heterocycles. The average molecular weight is 359 g/mol. The zero-order valence-electron chi connectivity index (χ0n) is 14.3. The van der Waals surface area contributed by atoms with Gasteiger partial charge in [-0.25, -0.2) is 4.98 Å². The molecule has 0 bridgehead atoms. The number of thiazole rings is 1. The van der Waals surface area contributed by atoms with Crippen LogP contribution < -0.4 is 5.32 Å². The van der Waals surface area contributed by atoms with Crippen LogP contribution in [0.25, 0.3) is 0 Å². The van der Waals surface area contributed by atoms with E-state index in [0.29, 0.717) is 18.2 Å². The molecule has 3 aromatic rings. The number of anilines is 1. The molecule has 25 heavy (non-hydrogen) atoms. The lowest BCUT2D eigenvalue weighted by Crippen LogP contribution is -2.32. The Kier molecular flexibility index (Phi) is 5.67. The smallest absolute Gasteiger partial charge is 0.240 e. The largest absolute Gasteiger partial charge is 0.468 e. The molecule has 0 aliphatic rings. The van der Waals surface area contributed by atoms with E-state index < -0.39 is 0 Å². The van der Waals surface area contributed by atoms with Crippen molar-refractivity contribution in [2.45, 2.75) is 33.4 Å². The molecule has 6 nitrogen and oxygen atoms in total. The number of nitrogens with one attached hydrogen (secondary N) is 1. The molecule has 0 aromatic carbocycles. The Morgan fingerprint density at radius 3 is 2.32 bits per heavy atom. The number of furan rings is 2. The van der Waals surface area contributed by atoms with Crippen LogP contribution in [0.3, 0.4) is 0 Å². The van der Waals surface area contributed by atoms with Crippen LogP contribution in [0.2, 0.25) is 0 Å². The number of hydrogen-bond acceptors (Lipinski definition) is 6. The summed E-state index contributed by atoms with van der Waals surface area (Å²) in [4.78, 5) is 20.0. The van der Waals surface area contributed by atoms with Crippen LogP contribution in [0, 0.1) is 6.92 Å². The number of rotatable bonds is 8. The third-order valence-corrected chi connectivity index (χ3v) is 4.69. The second kappa shape index (κ2) is 8.13. The number of nitrogens with zero attached hydrogens (tertiary/aromatic N) is 2. The van der Waals surface area contributed by atoms with Crippen LogP contribution in [-0.4, -0.2) is 22.3 Å². The Morgan fingerprint density at radius 1 is 1.20 bits per heavy atom. The molecule has 0 aliphatic carbocycles. The molecule has 0 radical (unpaired) electrons. The fourth-order valence-corrected chi connectivity index (χ4v) is 3.50. The van der Waals surface area contributed by atoms with Gasteiger partial charge in [0.1, 0.15) is 11.5 Å². The maximum absolute atomic E-state index is 12.4. The van der Waals surface area contributed by atoms with Crippen molar-refractivity contribution in [3.05, 3.63) is 58.9 Å². The Bertz CT molecular complexity index is 758. The van der Waals surface area contributed by atoms with E-state index in [9.17, 15) is 4.79 Å². The van der Waals surface area contributed by atoms with Gasteiger partial charge in [-0.15, -0.1) is 11.3 Å². The van der Waals surface area contributed by atoms with Gasteiger partial charge in [-0.3, -0.25) is 9.69 Å². The Hall–Kier alpha value is -2.38. The molecule has 7 heteroatoms. The molecule has 0 saturated heterocycles. The number of amides is 1. The summed E-state index contributed by atoms with van der Waals surface area (Å²) in [6.45, 7) is 5.35. The molecule has 1 amide bonds. The van der Waals surface area contributed by atoms with E-state index in [1.54, 1.807) is 12.5 Å².